The Bertz CT molecular complexity index is 1010. The first-order chi connectivity index (χ1) is 16.0. The fraction of sp³-hybridized carbons (Fsp3) is 0.360. The molecule has 8 nitrogen and oxygen atoms in total. The summed E-state index contributed by atoms with van der Waals surface area (Å²) in [5.41, 5.74) is 3.61. The molecule has 3 rings (SSSR count). The van der Waals surface area contributed by atoms with Gasteiger partial charge in [0.25, 0.3) is 0 Å². The molecule has 1 heterocycles. The van der Waals surface area contributed by atoms with Crippen LogP contribution < -0.4 is 10.6 Å². The van der Waals surface area contributed by atoms with Crippen LogP contribution in [-0.4, -0.2) is 44.7 Å². The molecule has 0 radical (unpaired) electrons. The minimum Gasteiger partial charge on any atom is -0.481 e. The van der Waals surface area contributed by atoms with Crippen LogP contribution in [0.1, 0.15) is 55.1 Å². The molecule has 0 spiro atoms. The number of aliphatic carboxylic acids is 1. The third kappa shape index (κ3) is 6.73. The number of Topliss-reactive ketones (excluding diaryl/α,β-unsaturated/α-hetero) is 1. The first kappa shape index (κ1) is 24.1. The standard InChI is InChI=1S/C25H31N5O3/c1-3-18(4-2)25(30-17-27-16-28-30)20-7-11-22(12-8-20)29-21-9-5-19(6-10-21)23(31)15-26-14-13-24(32)33/h5-12,16-18,25-26,29H,3-4,13-15H2,1-2H3,(H,32,33). The van der Waals surface area contributed by atoms with Crippen molar-refractivity contribution in [3.05, 3.63) is 72.3 Å². The van der Waals surface area contributed by atoms with Gasteiger partial charge in [-0.15, -0.1) is 0 Å². The van der Waals surface area contributed by atoms with E-state index in [1.807, 2.05) is 28.9 Å². The second kappa shape index (κ2) is 11.9. The first-order valence-corrected chi connectivity index (χ1v) is 11.3. The molecular formula is C25H31N5O3. The molecule has 1 unspecified atom stereocenters. The lowest BCUT2D eigenvalue weighted by molar-refractivity contribution is -0.136. The van der Waals surface area contributed by atoms with E-state index in [1.165, 1.54) is 5.56 Å². The van der Waals surface area contributed by atoms with Crippen LogP contribution in [0.25, 0.3) is 0 Å². The van der Waals surface area contributed by atoms with Crippen molar-refractivity contribution in [2.45, 2.75) is 39.2 Å². The molecule has 0 aliphatic heterocycles. The molecule has 0 amide bonds. The van der Waals surface area contributed by atoms with Crippen LogP contribution in [0.4, 0.5) is 11.4 Å². The Morgan fingerprint density at radius 3 is 2.18 bits per heavy atom. The minimum atomic E-state index is -0.886. The van der Waals surface area contributed by atoms with E-state index < -0.39 is 5.97 Å². The largest absolute Gasteiger partial charge is 0.481 e. The van der Waals surface area contributed by atoms with Crippen molar-refractivity contribution < 1.29 is 14.7 Å². The van der Waals surface area contributed by atoms with Crippen molar-refractivity contribution in [1.82, 2.24) is 20.1 Å². The molecule has 0 fully saturated rings. The fourth-order valence-corrected chi connectivity index (χ4v) is 3.91. The van der Waals surface area contributed by atoms with E-state index in [-0.39, 0.29) is 31.3 Å². The summed E-state index contributed by atoms with van der Waals surface area (Å²) in [5, 5.41) is 19.2. The van der Waals surface area contributed by atoms with Crippen LogP contribution in [0, 0.1) is 5.92 Å². The van der Waals surface area contributed by atoms with Crippen LogP contribution in [0.15, 0.2) is 61.2 Å². The third-order valence-electron chi connectivity index (χ3n) is 5.77. The number of carbonyl (C=O) groups excluding carboxylic acids is 1. The first-order valence-electron chi connectivity index (χ1n) is 11.3. The number of anilines is 2. The van der Waals surface area contributed by atoms with Gasteiger partial charge in [-0.1, -0.05) is 38.8 Å². The zero-order chi connectivity index (χ0) is 23.6. The topological polar surface area (TPSA) is 109 Å². The van der Waals surface area contributed by atoms with Gasteiger partial charge in [-0.05, 0) is 47.9 Å². The number of rotatable bonds is 13. The Morgan fingerprint density at radius 2 is 1.64 bits per heavy atom. The predicted octanol–water partition coefficient (Wildman–Crippen LogP) is 4.29. The van der Waals surface area contributed by atoms with E-state index in [1.54, 1.807) is 24.8 Å². The number of carboxylic acids is 1. The highest BCUT2D eigenvalue weighted by Crippen LogP contribution is 2.31. The fourth-order valence-electron chi connectivity index (χ4n) is 3.91. The lowest BCUT2D eigenvalue weighted by atomic mass is 9.89. The molecule has 1 atom stereocenters. The maximum Gasteiger partial charge on any atom is 0.304 e. The molecule has 33 heavy (non-hydrogen) atoms. The minimum absolute atomic E-state index is 0.00788. The van der Waals surface area contributed by atoms with Crippen LogP contribution in [0.3, 0.4) is 0 Å². The molecular weight excluding hydrogens is 418 g/mol. The highest BCUT2D eigenvalue weighted by Gasteiger charge is 2.23. The van der Waals surface area contributed by atoms with Crippen molar-refractivity contribution in [3.63, 3.8) is 0 Å². The summed E-state index contributed by atoms with van der Waals surface area (Å²) in [5.74, 6) is -0.492. The number of hydrogen-bond donors (Lipinski definition) is 3. The summed E-state index contributed by atoms with van der Waals surface area (Å²) in [6.07, 6.45) is 5.46. The van der Waals surface area contributed by atoms with Crippen molar-refractivity contribution in [2.24, 2.45) is 5.92 Å². The van der Waals surface area contributed by atoms with E-state index in [9.17, 15) is 9.59 Å². The molecule has 0 saturated heterocycles. The molecule has 0 bridgehead atoms. The van der Waals surface area contributed by atoms with Gasteiger partial charge < -0.3 is 15.7 Å². The number of ketones is 1. The van der Waals surface area contributed by atoms with E-state index in [2.05, 4.69) is 46.7 Å². The van der Waals surface area contributed by atoms with Crippen LogP contribution in [0.5, 0.6) is 0 Å². The van der Waals surface area contributed by atoms with Crippen LogP contribution >= 0.6 is 0 Å². The number of carboxylic acid groups (broad SMARTS) is 1. The number of nitrogens with one attached hydrogen (secondary N) is 2. The molecule has 174 valence electrons. The Hall–Kier alpha value is -3.52. The highest BCUT2D eigenvalue weighted by atomic mass is 16.4. The van der Waals surface area contributed by atoms with E-state index >= 15 is 0 Å². The Balaban J connectivity index is 1.62. The number of hydrogen-bond acceptors (Lipinski definition) is 6. The number of nitrogens with zero attached hydrogens (tertiary/aromatic N) is 3. The van der Waals surface area contributed by atoms with Gasteiger partial charge in [0.2, 0.25) is 0 Å². The van der Waals surface area contributed by atoms with Crippen LogP contribution in [0.2, 0.25) is 0 Å². The quantitative estimate of drug-likeness (QED) is 0.264. The van der Waals surface area contributed by atoms with Gasteiger partial charge in [-0.25, -0.2) is 9.67 Å². The van der Waals surface area contributed by atoms with E-state index in [0.29, 0.717) is 11.5 Å². The summed E-state index contributed by atoms with van der Waals surface area (Å²) in [6.45, 7) is 4.79. The third-order valence-corrected chi connectivity index (χ3v) is 5.77. The molecule has 0 saturated carbocycles. The lowest BCUT2D eigenvalue weighted by Crippen LogP contribution is -2.25. The maximum atomic E-state index is 12.2. The van der Waals surface area contributed by atoms with E-state index in [4.69, 9.17) is 5.11 Å². The van der Waals surface area contributed by atoms with Gasteiger partial charge in [0.05, 0.1) is 19.0 Å². The average Bonchev–Trinajstić information content (AvgIpc) is 3.35. The van der Waals surface area contributed by atoms with Gasteiger partial charge in [-0.3, -0.25) is 9.59 Å². The summed E-state index contributed by atoms with van der Waals surface area (Å²) < 4.78 is 1.94. The maximum absolute atomic E-state index is 12.2. The van der Waals surface area contributed by atoms with Crippen LogP contribution in [-0.2, 0) is 4.79 Å². The summed E-state index contributed by atoms with van der Waals surface area (Å²) in [7, 11) is 0. The van der Waals surface area contributed by atoms with Gasteiger partial charge in [0.15, 0.2) is 5.78 Å². The highest BCUT2D eigenvalue weighted by molar-refractivity contribution is 5.98. The van der Waals surface area contributed by atoms with Crippen molar-refractivity contribution >= 4 is 23.1 Å². The van der Waals surface area contributed by atoms with Crippen molar-refractivity contribution in [2.75, 3.05) is 18.4 Å². The summed E-state index contributed by atoms with van der Waals surface area (Å²) in [6, 6.07) is 15.7. The second-order valence-corrected chi connectivity index (χ2v) is 7.96. The molecule has 0 aliphatic carbocycles. The molecule has 1 aromatic heterocycles. The number of benzene rings is 2. The Labute approximate surface area is 194 Å². The van der Waals surface area contributed by atoms with Gasteiger partial charge in [0, 0.05) is 23.5 Å². The molecule has 0 aliphatic rings. The molecule has 3 aromatic rings. The monoisotopic (exact) mass is 449 g/mol. The zero-order valence-electron chi connectivity index (χ0n) is 19.1. The Kier molecular flexibility index (Phi) is 8.71. The molecule has 8 heteroatoms. The SMILES string of the molecule is CCC(CC)C(c1ccc(Nc2ccc(C(=O)CNCCC(=O)O)cc2)cc1)n1cncn1. The van der Waals surface area contributed by atoms with Gasteiger partial charge in [-0.2, -0.15) is 5.10 Å². The zero-order valence-corrected chi connectivity index (χ0v) is 19.1. The number of aromatic nitrogens is 3. The van der Waals surface area contributed by atoms with Crippen molar-refractivity contribution in [3.8, 4) is 0 Å². The summed E-state index contributed by atoms with van der Waals surface area (Å²) in [4.78, 5) is 26.9. The van der Waals surface area contributed by atoms with Gasteiger partial charge in [0.1, 0.15) is 12.7 Å². The normalized spacial score (nSPS) is 12.0. The van der Waals surface area contributed by atoms with Crippen molar-refractivity contribution in [1.29, 1.82) is 0 Å². The smallest absolute Gasteiger partial charge is 0.304 e. The summed E-state index contributed by atoms with van der Waals surface area (Å²) >= 11 is 0. The second-order valence-electron chi connectivity index (χ2n) is 7.96. The van der Waals surface area contributed by atoms with Gasteiger partial charge >= 0.3 is 5.97 Å². The average molecular weight is 450 g/mol. The predicted molar refractivity (Wildman–Crippen MR) is 128 cm³/mol. The Morgan fingerprint density at radius 1 is 1.00 bits per heavy atom. The lowest BCUT2D eigenvalue weighted by Gasteiger charge is -2.26. The number of carbonyl (C=O) groups is 2. The van der Waals surface area contributed by atoms with E-state index in [0.717, 1.165) is 24.2 Å². The molecule has 2 aromatic carbocycles. The molecule has 3 N–H and O–H groups in total.